The molecule has 1 N–H and O–H groups in total. The standard InChI is InChI=1S/C22H29NO3/c1-14(2)18-12-11-16(5)13-21(18)26-17(6)22(24)23-19-9-7-8-10-20(19)25-15(3)4/h7-15,17H,1-6H3,(H,23,24)/t17-/m0/s1. The molecule has 0 aliphatic heterocycles. The van der Waals surface area contributed by atoms with Gasteiger partial charge in [-0.3, -0.25) is 4.79 Å². The smallest absolute Gasteiger partial charge is 0.265 e. The molecule has 4 nitrogen and oxygen atoms in total. The summed E-state index contributed by atoms with van der Waals surface area (Å²) >= 11 is 0. The van der Waals surface area contributed by atoms with E-state index in [1.165, 1.54) is 0 Å². The van der Waals surface area contributed by atoms with Crippen LogP contribution >= 0.6 is 0 Å². The fourth-order valence-corrected chi connectivity index (χ4v) is 2.63. The van der Waals surface area contributed by atoms with E-state index >= 15 is 0 Å². The Balaban J connectivity index is 2.13. The second-order valence-corrected chi connectivity index (χ2v) is 7.11. The molecule has 0 saturated heterocycles. The van der Waals surface area contributed by atoms with Gasteiger partial charge in [0.25, 0.3) is 5.91 Å². The van der Waals surface area contributed by atoms with Crippen LogP contribution in [0.15, 0.2) is 42.5 Å². The van der Waals surface area contributed by atoms with Gasteiger partial charge in [-0.25, -0.2) is 0 Å². The Morgan fingerprint density at radius 1 is 0.923 bits per heavy atom. The Hall–Kier alpha value is -2.49. The Labute approximate surface area is 156 Å². The van der Waals surface area contributed by atoms with Gasteiger partial charge in [0, 0.05) is 0 Å². The second kappa shape index (κ2) is 8.75. The summed E-state index contributed by atoms with van der Waals surface area (Å²) in [4.78, 5) is 12.6. The van der Waals surface area contributed by atoms with Crippen LogP contribution in [0.1, 0.15) is 51.7 Å². The van der Waals surface area contributed by atoms with E-state index in [0.29, 0.717) is 17.4 Å². The highest BCUT2D eigenvalue weighted by molar-refractivity contribution is 5.95. The molecule has 0 fully saturated rings. The third-order valence-electron chi connectivity index (χ3n) is 3.97. The first-order valence-corrected chi connectivity index (χ1v) is 9.11. The lowest BCUT2D eigenvalue weighted by molar-refractivity contribution is -0.122. The minimum absolute atomic E-state index is 0.0302. The van der Waals surface area contributed by atoms with Crippen LogP contribution in [0.3, 0.4) is 0 Å². The molecule has 0 spiro atoms. The van der Waals surface area contributed by atoms with Crippen molar-refractivity contribution in [2.24, 2.45) is 0 Å². The molecule has 0 heterocycles. The molecule has 140 valence electrons. The number of nitrogens with one attached hydrogen (secondary N) is 1. The highest BCUT2D eigenvalue weighted by Gasteiger charge is 2.19. The minimum Gasteiger partial charge on any atom is -0.489 e. The monoisotopic (exact) mass is 355 g/mol. The van der Waals surface area contributed by atoms with Gasteiger partial charge in [0.1, 0.15) is 11.5 Å². The van der Waals surface area contributed by atoms with Crippen molar-refractivity contribution < 1.29 is 14.3 Å². The van der Waals surface area contributed by atoms with Gasteiger partial charge in [0.2, 0.25) is 0 Å². The summed E-state index contributed by atoms with van der Waals surface area (Å²) in [5, 5.41) is 2.91. The minimum atomic E-state index is -0.624. The third kappa shape index (κ3) is 5.25. The van der Waals surface area contributed by atoms with Crippen LogP contribution in [0, 0.1) is 6.92 Å². The molecule has 0 aliphatic carbocycles. The lowest BCUT2D eigenvalue weighted by atomic mass is 10.0. The molecule has 1 amide bonds. The number of para-hydroxylation sites is 2. The van der Waals surface area contributed by atoms with Crippen LogP contribution < -0.4 is 14.8 Å². The maximum absolute atomic E-state index is 12.6. The lowest BCUT2D eigenvalue weighted by Gasteiger charge is -2.20. The van der Waals surface area contributed by atoms with E-state index in [2.05, 4.69) is 31.3 Å². The van der Waals surface area contributed by atoms with Gasteiger partial charge in [-0.15, -0.1) is 0 Å². The van der Waals surface area contributed by atoms with Gasteiger partial charge in [0.05, 0.1) is 11.8 Å². The molecule has 1 atom stereocenters. The Morgan fingerprint density at radius 2 is 1.62 bits per heavy atom. The second-order valence-electron chi connectivity index (χ2n) is 7.11. The highest BCUT2D eigenvalue weighted by atomic mass is 16.5. The van der Waals surface area contributed by atoms with Gasteiger partial charge in [0.15, 0.2) is 6.10 Å². The molecule has 0 unspecified atom stereocenters. The summed E-state index contributed by atoms with van der Waals surface area (Å²) in [7, 11) is 0. The summed E-state index contributed by atoms with van der Waals surface area (Å²) in [5.41, 5.74) is 2.85. The molecule has 4 heteroatoms. The maximum Gasteiger partial charge on any atom is 0.265 e. The lowest BCUT2D eigenvalue weighted by Crippen LogP contribution is -2.30. The number of anilines is 1. The average Bonchev–Trinajstić information content (AvgIpc) is 2.55. The van der Waals surface area contributed by atoms with Crippen LogP contribution in [0.5, 0.6) is 11.5 Å². The molecule has 0 saturated carbocycles. The molecule has 0 bridgehead atoms. The Bertz CT molecular complexity index is 753. The molecule has 0 radical (unpaired) electrons. The number of rotatable bonds is 7. The number of hydrogen-bond acceptors (Lipinski definition) is 3. The van der Waals surface area contributed by atoms with Gasteiger partial charge in [-0.05, 0) is 62.9 Å². The van der Waals surface area contributed by atoms with E-state index in [-0.39, 0.29) is 12.0 Å². The van der Waals surface area contributed by atoms with Crippen molar-refractivity contribution in [1.29, 1.82) is 0 Å². The first-order chi connectivity index (χ1) is 12.3. The van der Waals surface area contributed by atoms with Crippen molar-refractivity contribution in [2.75, 3.05) is 5.32 Å². The quantitative estimate of drug-likeness (QED) is 0.732. The zero-order valence-corrected chi connectivity index (χ0v) is 16.5. The van der Waals surface area contributed by atoms with Crippen molar-refractivity contribution in [3.8, 4) is 11.5 Å². The summed E-state index contributed by atoms with van der Waals surface area (Å²) in [6.45, 7) is 11.9. The topological polar surface area (TPSA) is 47.6 Å². The largest absolute Gasteiger partial charge is 0.489 e. The average molecular weight is 355 g/mol. The molecule has 2 aromatic rings. The summed E-state index contributed by atoms with van der Waals surface area (Å²) in [6.07, 6.45) is -0.593. The van der Waals surface area contributed by atoms with Crippen LogP contribution in [-0.4, -0.2) is 18.1 Å². The van der Waals surface area contributed by atoms with Crippen molar-refractivity contribution in [3.05, 3.63) is 53.6 Å². The van der Waals surface area contributed by atoms with E-state index in [1.807, 2.05) is 51.1 Å². The van der Waals surface area contributed by atoms with Crippen molar-refractivity contribution in [1.82, 2.24) is 0 Å². The zero-order chi connectivity index (χ0) is 19.3. The predicted octanol–water partition coefficient (Wildman–Crippen LogP) is 5.31. The molecular formula is C22H29NO3. The number of ether oxygens (including phenoxy) is 2. The summed E-state index contributed by atoms with van der Waals surface area (Å²) < 4.78 is 11.7. The predicted molar refractivity (Wildman–Crippen MR) is 106 cm³/mol. The Morgan fingerprint density at radius 3 is 2.27 bits per heavy atom. The van der Waals surface area contributed by atoms with Gasteiger partial charge < -0.3 is 14.8 Å². The first kappa shape index (κ1) is 19.8. The number of aryl methyl sites for hydroxylation is 1. The normalized spacial score (nSPS) is 12.2. The maximum atomic E-state index is 12.6. The van der Waals surface area contributed by atoms with Crippen molar-refractivity contribution in [3.63, 3.8) is 0 Å². The molecule has 0 aliphatic rings. The summed E-state index contributed by atoms with van der Waals surface area (Å²) in [6, 6.07) is 13.5. The van der Waals surface area contributed by atoms with E-state index in [4.69, 9.17) is 9.47 Å². The number of carbonyl (C=O) groups is 1. The van der Waals surface area contributed by atoms with Crippen LogP contribution in [0.25, 0.3) is 0 Å². The van der Waals surface area contributed by atoms with Gasteiger partial charge >= 0.3 is 0 Å². The molecule has 2 rings (SSSR count). The molecule has 2 aromatic carbocycles. The fraction of sp³-hybridized carbons (Fsp3) is 0.409. The van der Waals surface area contributed by atoms with E-state index in [1.54, 1.807) is 6.92 Å². The first-order valence-electron chi connectivity index (χ1n) is 9.11. The van der Waals surface area contributed by atoms with Crippen LogP contribution in [0.4, 0.5) is 5.69 Å². The third-order valence-corrected chi connectivity index (χ3v) is 3.97. The molecule has 0 aromatic heterocycles. The van der Waals surface area contributed by atoms with Crippen LogP contribution in [-0.2, 0) is 4.79 Å². The SMILES string of the molecule is Cc1ccc(C(C)C)c(O[C@@H](C)C(=O)Nc2ccccc2OC(C)C)c1. The number of amides is 1. The Kier molecular flexibility index (Phi) is 6.67. The van der Waals surface area contributed by atoms with Crippen LogP contribution in [0.2, 0.25) is 0 Å². The van der Waals surface area contributed by atoms with E-state index < -0.39 is 6.10 Å². The van der Waals surface area contributed by atoms with E-state index in [9.17, 15) is 4.79 Å². The molecule has 26 heavy (non-hydrogen) atoms. The fourth-order valence-electron chi connectivity index (χ4n) is 2.63. The van der Waals surface area contributed by atoms with Gasteiger partial charge in [-0.2, -0.15) is 0 Å². The van der Waals surface area contributed by atoms with E-state index in [0.717, 1.165) is 16.9 Å². The summed E-state index contributed by atoms with van der Waals surface area (Å²) in [5.74, 6) is 1.53. The van der Waals surface area contributed by atoms with Crippen molar-refractivity contribution in [2.45, 2.75) is 59.7 Å². The molecular weight excluding hydrogens is 326 g/mol. The number of carbonyl (C=O) groups excluding carboxylic acids is 1. The zero-order valence-electron chi connectivity index (χ0n) is 16.5. The highest BCUT2D eigenvalue weighted by Crippen LogP contribution is 2.29. The van der Waals surface area contributed by atoms with Crippen molar-refractivity contribution >= 4 is 11.6 Å². The number of benzene rings is 2. The van der Waals surface area contributed by atoms with Gasteiger partial charge in [-0.1, -0.05) is 38.1 Å². The number of hydrogen-bond donors (Lipinski definition) is 1.